The minimum absolute atomic E-state index is 0.301. The molecule has 0 bridgehead atoms. The Morgan fingerprint density at radius 3 is 1.73 bits per heavy atom. The highest BCUT2D eigenvalue weighted by Gasteiger charge is 2.13. The average Bonchev–Trinajstić information content (AvgIpc) is 2.85. The Labute approximate surface area is 221 Å². The van der Waals surface area contributed by atoms with Crippen molar-refractivity contribution in [2.45, 2.75) is 24.6 Å². The van der Waals surface area contributed by atoms with Crippen LogP contribution in [0.5, 0.6) is 0 Å². The van der Waals surface area contributed by atoms with Crippen molar-refractivity contribution in [2.75, 3.05) is 0 Å². The number of aliphatic hydroxyl groups is 1. The van der Waals surface area contributed by atoms with Crippen LogP contribution >= 0.6 is 23.2 Å². The van der Waals surface area contributed by atoms with Crippen molar-refractivity contribution in [3.63, 3.8) is 0 Å². The number of carbonyl (C=O) groups is 1. The van der Waals surface area contributed by atoms with Crippen molar-refractivity contribution in [2.24, 2.45) is 0 Å². The van der Waals surface area contributed by atoms with Gasteiger partial charge < -0.3 is 13.9 Å². The summed E-state index contributed by atoms with van der Waals surface area (Å²) in [5.74, 6) is -0.789. The minimum atomic E-state index is -0.539. The molecule has 2 heterocycles. The second-order valence-electron chi connectivity index (χ2n) is 8.38. The van der Waals surface area contributed by atoms with Crippen molar-refractivity contribution >= 4 is 63.1 Å². The molecular formula is C29H22Cl2O6. The third-order valence-electron chi connectivity index (χ3n) is 5.64. The van der Waals surface area contributed by atoms with Gasteiger partial charge in [0.1, 0.15) is 16.9 Å². The van der Waals surface area contributed by atoms with Gasteiger partial charge in [0, 0.05) is 28.0 Å². The summed E-state index contributed by atoms with van der Waals surface area (Å²) in [5, 5.41) is 10.6. The molecule has 0 spiro atoms. The fraction of sp³-hybridized carbons (Fsp3) is 0.138. The van der Waals surface area contributed by atoms with Gasteiger partial charge in [-0.05, 0) is 50.3 Å². The molecule has 6 nitrogen and oxygen atoms in total. The molecule has 0 aliphatic heterocycles. The highest BCUT2D eigenvalue weighted by Crippen LogP contribution is 2.25. The summed E-state index contributed by atoms with van der Waals surface area (Å²) in [6, 6.07) is 13.9. The molecule has 37 heavy (non-hydrogen) atoms. The van der Waals surface area contributed by atoms with Crippen LogP contribution in [0.4, 0.5) is 0 Å². The fourth-order valence-corrected chi connectivity index (χ4v) is 4.08. The Bertz CT molecular complexity index is 1700. The topological polar surface area (TPSA) is 97.7 Å². The number of allylic oxidation sites excluding steroid dienone is 3. The Balaban J connectivity index is 1.56. The molecule has 0 aliphatic rings. The maximum Gasteiger partial charge on any atom is 0.340 e. The standard InChI is InChI=1S/C29H22Cl2O6/c1-16(30)24-13-20-7-3-5-18(26(20)36-28(24)34)9-11-22(32)15-23(33)12-10-19-6-4-8-21-14-25(17(2)31)29(35)37-27(19)21/h3-17,32H,1-2H3/b11-9+,12-10+,22-15-. The highest BCUT2D eigenvalue weighted by atomic mass is 35.5. The summed E-state index contributed by atoms with van der Waals surface area (Å²) in [5.41, 5.74) is 1.37. The third-order valence-corrected chi connectivity index (χ3v) is 6.11. The molecule has 0 amide bonds. The van der Waals surface area contributed by atoms with Crippen LogP contribution in [0.2, 0.25) is 0 Å². The van der Waals surface area contributed by atoms with E-state index >= 15 is 0 Å². The maximum atomic E-state index is 12.4. The Kier molecular flexibility index (Phi) is 7.81. The average molecular weight is 537 g/mol. The first kappa shape index (κ1) is 26.2. The molecule has 2 aromatic heterocycles. The molecule has 8 heteroatoms. The van der Waals surface area contributed by atoms with Gasteiger partial charge in [0.15, 0.2) is 5.78 Å². The number of halogens is 2. The molecule has 1 N–H and O–H groups in total. The number of benzene rings is 2. The van der Waals surface area contributed by atoms with Crippen molar-refractivity contribution in [1.82, 2.24) is 0 Å². The van der Waals surface area contributed by atoms with Crippen LogP contribution in [0.3, 0.4) is 0 Å². The van der Waals surface area contributed by atoms with Crippen LogP contribution < -0.4 is 11.3 Å². The molecule has 4 aromatic rings. The van der Waals surface area contributed by atoms with Crippen LogP contribution in [-0.2, 0) is 4.79 Å². The first-order valence-corrected chi connectivity index (χ1v) is 12.2. The molecule has 188 valence electrons. The fourth-order valence-electron chi connectivity index (χ4n) is 3.77. The zero-order valence-corrected chi connectivity index (χ0v) is 21.4. The van der Waals surface area contributed by atoms with Gasteiger partial charge in [-0.15, -0.1) is 23.2 Å². The molecule has 0 saturated carbocycles. The van der Waals surface area contributed by atoms with E-state index in [4.69, 9.17) is 32.0 Å². The van der Waals surface area contributed by atoms with Crippen LogP contribution in [-0.4, -0.2) is 10.9 Å². The van der Waals surface area contributed by atoms with Crippen molar-refractivity contribution in [1.29, 1.82) is 0 Å². The third kappa shape index (κ3) is 5.93. The normalized spacial score (nSPS) is 14.1. The summed E-state index contributed by atoms with van der Waals surface area (Å²) >= 11 is 12.1. The number of carbonyl (C=O) groups excluding carboxylic acids is 1. The van der Waals surface area contributed by atoms with E-state index in [0.29, 0.717) is 44.2 Å². The van der Waals surface area contributed by atoms with Crippen LogP contribution in [0.1, 0.15) is 46.9 Å². The molecule has 2 unspecified atom stereocenters. The van der Waals surface area contributed by atoms with Crippen LogP contribution in [0.15, 0.2) is 90.9 Å². The summed E-state index contributed by atoms with van der Waals surface area (Å²) in [6.07, 6.45) is 6.65. The van der Waals surface area contributed by atoms with Gasteiger partial charge in [0.05, 0.1) is 21.9 Å². The molecular weight excluding hydrogens is 515 g/mol. The van der Waals surface area contributed by atoms with Gasteiger partial charge in [-0.3, -0.25) is 4.79 Å². The largest absolute Gasteiger partial charge is 0.508 e. The number of alkyl halides is 2. The summed E-state index contributed by atoms with van der Waals surface area (Å²) in [6.45, 7) is 3.37. The lowest BCUT2D eigenvalue weighted by atomic mass is 10.1. The van der Waals surface area contributed by atoms with E-state index in [1.165, 1.54) is 24.3 Å². The lowest BCUT2D eigenvalue weighted by molar-refractivity contribution is -0.110. The number of para-hydroxylation sites is 2. The molecule has 0 fully saturated rings. The second-order valence-corrected chi connectivity index (χ2v) is 9.69. The Hall–Kier alpha value is -3.87. The van der Waals surface area contributed by atoms with Crippen molar-refractivity contribution in [3.05, 3.63) is 116 Å². The Morgan fingerprint density at radius 2 is 1.27 bits per heavy atom. The molecule has 0 saturated heterocycles. The zero-order chi connectivity index (χ0) is 26.7. The van der Waals surface area contributed by atoms with Gasteiger partial charge >= 0.3 is 11.3 Å². The number of aliphatic hydroxyl groups excluding tert-OH is 1. The van der Waals surface area contributed by atoms with Gasteiger partial charge in [0.25, 0.3) is 0 Å². The van der Waals surface area contributed by atoms with E-state index in [-0.39, 0.29) is 5.76 Å². The molecule has 2 aromatic carbocycles. The van der Waals surface area contributed by atoms with E-state index < -0.39 is 27.8 Å². The molecule has 2 atom stereocenters. The lowest BCUT2D eigenvalue weighted by Crippen LogP contribution is -2.07. The second kappa shape index (κ2) is 11.0. The molecule has 0 radical (unpaired) electrons. The quantitative estimate of drug-likeness (QED) is 0.0878. The van der Waals surface area contributed by atoms with Crippen LogP contribution in [0.25, 0.3) is 34.1 Å². The minimum Gasteiger partial charge on any atom is -0.508 e. The summed E-state index contributed by atoms with van der Waals surface area (Å²) in [7, 11) is 0. The number of hydrogen-bond acceptors (Lipinski definition) is 6. The van der Waals surface area contributed by atoms with Crippen molar-refractivity contribution < 1.29 is 18.7 Å². The molecule has 0 aliphatic carbocycles. The van der Waals surface area contributed by atoms with E-state index in [9.17, 15) is 19.5 Å². The lowest BCUT2D eigenvalue weighted by Gasteiger charge is -2.05. The predicted molar refractivity (Wildman–Crippen MR) is 147 cm³/mol. The van der Waals surface area contributed by atoms with Gasteiger partial charge in [-0.2, -0.15) is 0 Å². The predicted octanol–water partition coefficient (Wildman–Crippen LogP) is 7.24. The first-order valence-electron chi connectivity index (χ1n) is 11.4. The van der Waals surface area contributed by atoms with Crippen molar-refractivity contribution in [3.8, 4) is 0 Å². The first-order chi connectivity index (χ1) is 17.6. The van der Waals surface area contributed by atoms with Gasteiger partial charge in [-0.1, -0.05) is 36.4 Å². The monoisotopic (exact) mass is 536 g/mol. The number of hydrogen-bond donors (Lipinski definition) is 1. The van der Waals surface area contributed by atoms with Crippen LogP contribution in [0, 0.1) is 0 Å². The number of fused-ring (bicyclic) bond motifs is 2. The number of rotatable bonds is 7. The smallest absolute Gasteiger partial charge is 0.340 e. The van der Waals surface area contributed by atoms with Gasteiger partial charge in [-0.25, -0.2) is 9.59 Å². The van der Waals surface area contributed by atoms with Gasteiger partial charge in [0.2, 0.25) is 0 Å². The zero-order valence-electron chi connectivity index (χ0n) is 19.9. The van der Waals surface area contributed by atoms with E-state index in [0.717, 1.165) is 6.08 Å². The van der Waals surface area contributed by atoms with E-state index in [2.05, 4.69) is 0 Å². The number of ketones is 1. The highest BCUT2D eigenvalue weighted by molar-refractivity contribution is 6.21. The van der Waals surface area contributed by atoms with E-state index in [1.54, 1.807) is 62.4 Å². The summed E-state index contributed by atoms with van der Waals surface area (Å²) in [4.78, 5) is 36.9. The summed E-state index contributed by atoms with van der Waals surface area (Å²) < 4.78 is 10.9. The maximum absolute atomic E-state index is 12.4. The Morgan fingerprint density at radius 1 is 0.811 bits per heavy atom. The SMILES string of the molecule is CC(Cl)c1cc2cccc(/C=C/C(=O)/C=C(O)/C=C/c3cccc4cc(C(C)Cl)c(=O)oc34)c2oc1=O. The van der Waals surface area contributed by atoms with E-state index in [1.807, 2.05) is 0 Å². The molecule has 4 rings (SSSR count).